The Bertz CT molecular complexity index is 988. The van der Waals surface area contributed by atoms with E-state index in [1.54, 1.807) is 7.05 Å². The molecule has 0 radical (unpaired) electrons. The van der Waals surface area contributed by atoms with Gasteiger partial charge in [-0.05, 0) is 59.7 Å². The number of hydrogen-bond donors (Lipinski definition) is 1. The molecule has 2 atom stereocenters. The van der Waals surface area contributed by atoms with Gasteiger partial charge in [0, 0.05) is 32.5 Å². The maximum atomic E-state index is 13.0. The summed E-state index contributed by atoms with van der Waals surface area (Å²) in [5.74, 6) is 0.599. The highest BCUT2D eigenvalue weighted by Crippen LogP contribution is 2.36. The van der Waals surface area contributed by atoms with Crippen LogP contribution in [-0.4, -0.2) is 42.5 Å². The average Bonchev–Trinajstić information content (AvgIpc) is 3.23. The zero-order chi connectivity index (χ0) is 21.7. The second-order valence-corrected chi connectivity index (χ2v) is 8.77. The molecule has 0 spiro atoms. The Morgan fingerprint density at radius 3 is 2.39 bits per heavy atom. The summed E-state index contributed by atoms with van der Waals surface area (Å²) in [6.45, 7) is 5.01. The van der Waals surface area contributed by atoms with Gasteiger partial charge in [-0.25, -0.2) is 0 Å². The number of likely N-dealkylation sites (tertiary alicyclic amines) is 1. The van der Waals surface area contributed by atoms with Gasteiger partial charge in [-0.15, -0.1) is 0 Å². The minimum absolute atomic E-state index is 0.153. The summed E-state index contributed by atoms with van der Waals surface area (Å²) in [4.78, 5) is 19.5. The highest BCUT2D eigenvalue weighted by Gasteiger charge is 2.44. The Morgan fingerprint density at radius 2 is 1.71 bits per heavy atom. The zero-order valence-electron chi connectivity index (χ0n) is 18.4. The second kappa shape index (κ2) is 9.44. The van der Waals surface area contributed by atoms with Crippen molar-refractivity contribution >= 4 is 5.91 Å². The first-order valence-electron chi connectivity index (χ1n) is 11.1. The third-order valence-electron chi connectivity index (χ3n) is 6.55. The van der Waals surface area contributed by atoms with E-state index in [2.05, 4.69) is 76.7 Å². The smallest absolute Gasteiger partial charge is 0.227 e. The van der Waals surface area contributed by atoms with E-state index < -0.39 is 0 Å². The SMILES string of the molecule is CNC(=O)[C@@]1(Cc2ccc(-c3ccncc3)cc2)CCN(C[C@@H](C)c2ccccc2)C1. The lowest BCUT2D eigenvalue weighted by molar-refractivity contribution is -0.130. The molecule has 4 heteroatoms. The monoisotopic (exact) mass is 413 g/mol. The van der Waals surface area contributed by atoms with Crippen LogP contribution in [0.1, 0.15) is 30.4 Å². The van der Waals surface area contributed by atoms with Crippen LogP contribution < -0.4 is 5.32 Å². The fraction of sp³-hybridized carbons (Fsp3) is 0.333. The highest BCUT2D eigenvalue weighted by atomic mass is 16.2. The number of benzene rings is 2. The molecule has 4 nitrogen and oxygen atoms in total. The molecule has 1 N–H and O–H groups in total. The van der Waals surface area contributed by atoms with Gasteiger partial charge < -0.3 is 10.2 Å². The van der Waals surface area contributed by atoms with Crippen molar-refractivity contribution in [3.8, 4) is 11.1 Å². The lowest BCUT2D eigenvalue weighted by Gasteiger charge is -2.29. The van der Waals surface area contributed by atoms with Crippen LogP contribution >= 0.6 is 0 Å². The molecule has 31 heavy (non-hydrogen) atoms. The molecule has 4 rings (SSSR count). The van der Waals surface area contributed by atoms with E-state index in [1.165, 1.54) is 16.7 Å². The molecule has 2 heterocycles. The van der Waals surface area contributed by atoms with Crippen LogP contribution in [0.25, 0.3) is 11.1 Å². The van der Waals surface area contributed by atoms with Crippen LogP contribution in [0.3, 0.4) is 0 Å². The number of pyridine rings is 1. The summed E-state index contributed by atoms with van der Waals surface area (Å²) in [6.07, 6.45) is 5.28. The van der Waals surface area contributed by atoms with Crippen LogP contribution in [0.4, 0.5) is 0 Å². The number of aromatic nitrogens is 1. The lowest BCUT2D eigenvalue weighted by Crippen LogP contribution is -2.43. The number of carbonyl (C=O) groups excluding carboxylic acids is 1. The first kappa shape index (κ1) is 21.3. The van der Waals surface area contributed by atoms with E-state index in [-0.39, 0.29) is 11.3 Å². The lowest BCUT2D eigenvalue weighted by atomic mass is 9.79. The number of rotatable bonds is 7. The number of carbonyl (C=O) groups is 1. The maximum Gasteiger partial charge on any atom is 0.227 e. The number of hydrogen-bond acceptors (Lipinski definition) is 3. The number of nitrogens with one attached hydrogen (secondary N) is 1. The molecule has 1 amide bonds. The normalized spacial score (nSPS) is 19.8. The number of amides is 1. The van der Waals surface area contributed by atoms with Gasteiger partial charge in [-0.3, -0.25) is 9.78 Å². The summed E-state index contributed by atoms with van der Waals surface area (Å²) in [5, 5.41) is 2.94. The van der Waals surface area contributed by atoms with Crippen LogP contribution in [-0.2, 0) is 11.2 Å². The van der Waals surface area contributed by atoms with E-state index in [9.17, 15) is 4.79 Å². The molecule has 0 bridgehead atoms. The molecule has 1 saturated heterocycles. The minimum Gasteiger partial charge on any atom is -0.359 e. The first-order chi connectivity index (χ1) is 15.1. The van der Waals surface area contributed by atoms with E-state index in [1.807, 2.05) is 24.5 Å². The van der Waals surface area contributed by atoms with Crippen molar-refractivity contribution < 1.29 is 4.79 Å². The molecule has 0 unspecified atom stereocenters. The molecule has 1 aromatic heterocycles. The number of nitrogens with zero attached hydrogens (tertiary/aromatic N) is 2. The summed E-state index contributed by atoms with van der Waals surface area (Å²) >= 11 is 0. The molecule has 0 saturated carbocycles. The third kappa shape index (κ3) is 4.86. The van der Waals surface area contributed by atoms with E-state index >= 15 is 0 Å². The van der Waals surface area contributed by atoms with Gasteiger partial charge in [0.25, 0.3) is 0 Å². The Labute approximate surface area is 185 Å². The Balaban J connectivity index is 1.47. The second-order valence-electron chi connectivity index (χ2n) is 8.77. The first-order valence-corrected chi connectivity index (χ1v) is 11.1. The summed E-state index contributed by atoms with van der Waals surface area (Å²) in [7, 11) is 1.76. The molecule has 1 aliphatic heterocycles. The van der Waals surface area contributed by atoms with E-state index in [4.69, 9.17) is 0 Å². The van der Waals surface area contributed by atoms with Crippen LogP contribution in [0.15, 0.2) is 79.1 Å². The predicted molar refractivity (Wildman–Crippen MR) is 126 cm³/mol. The van der Waals surface area contributed by atoms with Gasteiger partial charge in [0.15, 0.2) is 0 Å². The minimum atomic E-state index is -0.372. The highest BCUT2D eigenvalue weighted by molar-refractivity contribution is 5.83. The van der Waals surface area contributed by atoms with Gasteiger partial charge in [0.1, 0.15) is 0 Å². The molecular weight excluding hydrogens is 382 g/mol. The van der Waals surface area contributed by atoms with Crippen molar-refractivity contribution in [3.63, 3.8) is 0 Å². The van der Waals surface area contributed by atoms with Gasteiger partial charge >= 0.3 is 0 Å². The molecular formula is C27H31N3O. The Morgan fingerprint density at radius 1 is 1.03 bits per heavy atom. The molecule has 2 aromatic carbocycles. The topological polar surface area (TPSA) is 45.2 Å². The molecule has 1 aliphatic rings. The van der Waals surface area contributed by atoms with Gasteiger partial charge in [-0.1, -0.05) is 61.5 Å². The Hall–Kier alpha value is -2.98. The zero-order valence-corrected chi connectivity index (χ0v) is 18.4. The molecule has 1 fully saturated rings. The quantitative estimate of drug-likeness (QED) is 0.619. The fourth-order valence-electron chi connectivity index (χ4n) is 4.81. The largest absolute Gasteiger partial charge is 0.359 e. The predicted octanol–water partition coefficient (Wildman–Crippen LogP) is 4.53. The summed E-state index contributed by atoms with van der Waals surface area (Å²) in [5.41, 5.74) is 4.52. The van der Waals surface area contributed by atoms with Crippen LogP contribution in [0, 0.1) is 5.41 Å². The molecule has 3 aromatic rings. The van der Waals surface area contributed by atoms with Crippen LogP contribution in [0.5, 0.6) is 0 Å². The van der Waals surface area contributed by atoms with Gasteiger partial charge in [0.05, 0.1) is 5.41 Å². The molecule has 0 aliphatic carbocycles. The van der Waals surface area contributed by atoms with Crippen molar-refractivity contribution in [3.05, 3.63) is 90.3 Å². The van der Waals surface area contributed by atoms with Crippen molar-refractivity contribution in [2.24, 2.45) is 5.41 Å². The summed E-state index contributed by atoms with van der Waals surface area (Å²) < 4.78 is 0. The average molecular weight is 414 g/mol. The molecule has 160 valence electrons. The third-order valence-corrected chi connectivity index (χ3v) is 6.55. The standard InChI is InChI=1S/C27H31N3O/c1-21(23-6-4-3-5-7-23)19-30-17-14-27(20-30,26(31)28-2)18-22-8-10-24(11-9-22)25-12-15-29-16-13-25/h3-13,15-16,21H,14,17-20H2,1-2H3,(H,28,31)/t21-,27-/m1/s1. The van der Waals surface area contributed by atoms with Crippen molar-refractivity contribution in [1.29, 1.82) is 0 Å². The van der Waals surface area contributed by atoms with Crippen LogP contribution in [0.2, 0.25) is 0 Å². The Kier molecular flexibility index (Phi) is 6.47. The van der Waals surface area contributed by atoms with E-state index in [0.717, 1.165) is 38.0 Å². The maximum absolute atomic E-state index is 13.0. The fourth-order valence-corrected chi connectivity index (χ4v) is 4.81. The van der Waals surface area contributed by atoms with Gasteiger partial charge in [0.2, 0.25) is 5.91 Å². The van der Waals surface area contributed by atoms with Crippen molar-refractivity contribution in [2.45, 2.75) is 25.7 Å². The summed E-state index contributed by atoms with van der Waals surface area (Å²) in [6, 6.07) is 23.3. The van der Waals surface area contributed by atoms with Crippen molar-refractivity contribution in [2.75, 3.05) is 26.7 Å². The van der Waals surface area contributed by atoms with E-state index in [0.29, 0.717) is 5.92 Å². The van der Waals surface area contributed by atoms with Crippen molar-refractivity contribution in [1.82, 2.24) is 15.2 Å². The van der Waals surface area contributed by atoms with Gasteiger partial charge in [-0.2, -0.15) is 0 Å².